The summed E-state index contributed by atoms with van der Waals surface area (Å²) in [5.41, 5.74) is 2.57. The average molecular weight is 591 g/mol. The highest BCUT2D eigenvalue weighted by atomic mass is 35.5. The van der Waals surface area contributed by atoms with E-state index in [1.54, 1.807) is 43.3 Å². The molecule has 2 amide bonds. The molecule has 0 bridgehead atoms. The molecule has 0 aliphatic heterocycles. The first-order valence-corrected chi connectivity index (χ1v) is 15.2. The molecule has 0 saturated heterocycles. The van der Waals surface area contributed by atoms with E-state index in [2.05, 4.69) is 5.32 Å². The molecule has 3 aromatic carbocycles. The van der Waals surface area contributed by atoms with Crippen molar-refractivity contribution in [1.29, 1.82) is 0 Å². The van der Waals surface area contributed by atoms with Gasteiger partial charge >= 0.3 is 0 Å². The van der Waals surface area contributed by atoms with Gasteiger partial charge in [0.25, 0.3) is 0 Å². The third kappa shape index (κ3) is 8.71. The average Bonchev–Trinajstić information content (AvgIpc) is 2.90. The van der Waals surface area contributed by atoms with Gasteiger partial charge in [-0.05, 0) is 54.3 Å². The Labute approximate surface area is 240 Å². The van der Waals surface area contributed by atoms with E-state index in [0.717, 1.165) is 28.1 Å². The first-order chi connectivity index (χ1) is 18.5. The molecule has 0 heterocycles. The summed E-state index contributed by atoms with van der Waals surface area (Å²) in [6.45, 7) is 3.72. The van der Waals surface area contributed by atoms with Gasteiger partial charge in [-0.2, -0.15) is 0 Å². The first-order valence-electron chi connectivity index (χ1n) is 12.6. The van der Waals surface area contributed by atoms with Crippen LogP contribution in [0, 0.1) is 6.92 Å². The van der Waals surface area contributed by atoms with Crippen molar-refractivity contribution in [1.82, 2.24) is 10.2 Å². The van der Waals surface area contributed by atoms with Crippen molar-refractivity contribution in [2.24, 2.45) is 0 Å². The molecule has 3 rings (SSSR count). The molecule has 0 aliphatic carbocycles. The fourth-order valence-corrected chi connectivity index (χ4v) is 5.34. The lowest BCUT2D eigenvalue weighted by Gasteiger charge is -2.33. The summed E-state index contributed by atoms with van der Waals surface area (Å²) in [4.78, 5) is 28.9. The van der Waals surface area contributed by atoms with Crippen molar-refractivity contribution < 1.29 is 18.0 Å². The molecule has 0 radical (unpaired) electrons. The minimum absolute atomic E-state index is 0.0825. The van der Waals surface area contributed by atoms with E-state index in [4.69, 9.17) is 23.2 Å². The van der Waals surface area contributed by atoms with E-state index in [1.165, 1.54) is 11.0 Å². The summed E-state index contributed by atoms with van der Waals surface area (Å²) < 4.78 is 26.8. The Kier molecular flexibility index (Phi) is 10.8. The predicted molar refractivity (Wildman–Crippen MR) is 158 cm³/mol. The lowest BCUT2D eigenvalue weighted by molar-refractivity contribution is -0.140. The summed E-state index contributed by atoms with van der Waals surface area (Å²) in [6, 6.07) is 20.4. The zero-order chi connectivity index (χ0) is 28.6. The van der Waals surface area contributed by atoms with Crippen LogP contribution in [0.4, 0.5) is 5.69 Å². The summed E-state index contributed by atoms with van der Waals surface area (Å²) in [5, 5.41) is 3.79. The van der Waals surface area contributed by atoms with Gasteiger partial charge in [-0.1, -0.05) is 78.7 Å². The highest BCUT2D eigenvalue weighted by Crippen LogP contribution is 2.27. The van der Waals surface area contributed by atoms with Crippen LogP contribution in [0.15, 0.2) is 72.8 Å². The molecule has 1 atom stereocenters. The van der Waals surface area contributed by atoms with Crippen LogP contribution in [-0.4, -0.2) is 50.5 Å². The molecular weight excluding hydrogens is 557 g/mol. The number of amides is 2. The summed E-state index contributed by atoms with van der Waals surface area (Å²) in [6.07, 6.45) is 2.02. The lowest BCUT2D eigenvalue weighted by atomic mass is 10.0. The Hall–Kier alpha value is -3.07. The number of aryl methyl sites for hydroxylation is 1. The van der Waals surface area contributed by atoms with Gasteiger partial charge in [-0.25, -0.2) is 8.42 Å². The maximum absolute atomic E-state index is 14.0. The number of benzene rings is 3. The van der Waals surface area contributed by atoms with Crippen molar-refractivity contribution in [2.45, 2.75) is 39.3 Å². The Morgan fingerprint density at radius 3 is 2.18 bits per heavy atom. The van der Waals surface area contributed by atoms with E-state index < -0.39 is 28.5 Å². The highest BCUT2D eigenvalue weighted by molar-refractivity contribution is 7.92. The standard InChI is InChI=1S/C29H33Cl2N3O4S/c1-4-16-32-29(36)27(17-22-8-6-5-7-9-22)33(19-23-11-14-24(30)15-12-23)28(35)20-34(39(3,37)38)26-18-25(31)13-10-21(26)2/h5-15,18,27H,4,16-17,19-20H2,1-3H3,(H,32,36)/t27-/m0/s1. The number of nitrogens with one attached hydrogen (secondary N) is 1. The number of halogens is 2. The van der Waals surface area contributed by atoms with Crippen LogP contribution in [0.3, 0.4) is 0 Å². The van der Waals surface area contributed by atoms with Crippen LogP contribution in [0.5, 0.6) is 0 Å². The van der Waals surface area contributed by atoms with Crippen molar-refractivity contribution >= 4 is 50.7 Å². The van der Waals surface area contributed by atoms with Gasteiger partial charge in [-0.3, -0.25) is 13.9 Å². The Morgan fingerprint density at radius 2 is 1.56 bits per heavy atom. The van der Waals surface area contributed by atoms with Gasteiger partial charge in [0.2, 0.25) is 21.8 Å². The van der Waals surface area contributed by atoms with Gasteiger partial charge in [0.15, 0.2) is 0 Å². The van der Waals surface area contributed by atoms with Gasteiger partial charge < -0.3 is 10.2 Å². The zero-order valence-electron chi connectivity index (χ0n) is 22.2. The Bertz CT molecular complexity index is 1380. The van der Waals surface area contributed by atoms with E-state index >= 15 is 0 Å². The second kappa shape index (κ2) is 13.8. The third-order valence-electron chi connectivity index (χ3n) is 6.21. The number of hydrogen-bond donors (Lipinski definition) is 1. The number of hydrogen-bond acceptors (Lipinski definition) is 4. The molecule has 39 heavy (non-hydrogen) atoms. The number of rotatable bonds is 12. The van der Waals surface area contributed by atoms with Crippen molar-refractivity contribution in [3.05, 3.63) is 99.5 Å². The molecule has 0 saturated carbocycles. The maximum atomic E-state index is 14.0. The number of nitrogens with zero attached hydrogens (tertiary/aromatic N) is 2. The molecule has 0 spiro atoms. The van der Waals surface area contributed by atoms with Crippen LogP contribution in [0.2, 0.25) is 10.0 Å². The van der Waals surface area contributed by atoms with Gasteiger partial charge in [-0.15, -0.1) is 0 Å². The van der Waals surface area contributed by atoms with Crippen LogP contribution in [0.25, 0.3) is 0 Å². The Morgan fingerprint density at radius 1 is 0.923 bits per heavy atom. The lowest BCUT2D eigenvalue weighted by Crippen LogP contribution is -2.53. The molecule has 0 fully saturated rings. The molecule has 1 N–H and O–H groups in total. The van der Waals surface area contributed by atoms with Crippen LogP contribution >= 0.6 is 23.2 Å². The SMILES string of the molecule is CCCNC(=O)[C@H](Cc1ccccc1)N(Cc1ccc(Cl)cc1)C(=O)CN(c1cc(Cl)ccc1C)S(C)(=O)=O. The zero-order valence-corrected chi connectivity index (χ0v) is 24.6. The molecule has 0 unspecified atom stereocenters. The minimum atomic E-state index is -3.87. The fraction of sp³-hybridized carbons (Fsp3) is 0.310. The first kappa shape index (κ1) is 30.5. The number of carbonyl (C=O) groups excluding carboxylic acids is 2. The van der Waals surface area contributed by atoms with Crippen LogP contribution in [0.1, 0.15) is 30.0 Å². The molecular formula is C29H33Cl2N3O4S. The van der Waals surface area contributed by atoms with Crippen LogP contribution < -0.4 is 9.62 Å². The summed E-state index contributed by atoms with van der Waals surface area (Å²) >= 11 is 12.3. The van der Waals surface area contributed by atoms with Gasteiger partial charge in [0.1, 0.15) is 12.6 Å². The molecule has 208 valence electrons. The Balaban J connectivity index is 2.06. The van der Waals surface area contributed by atoms with Crippen molar-refractivity contribution in [2.75, 3.05) is 23.7 Å². The second-order valence-electron chi connectivity index (χ2n) is 9.35. The summed E-state index contributed by atoms with van der Waals surface area (Å²) in [5.74, 6) is -0.838. The number of anilines is 1. The molecule has 0 aromatic heterocycles. The van der Waals surface area contributed by atoms with Crippen molar-refractivity contribution in [3.63, 3.8) is 0 Å². The van der Waals surface area contributed by atoms with Gasteiger partial charge in [0.05, 0.1) is 11.9 Å². The third-order valence-corrected chi connectivity index (χ3v) is 7.82. The van der Waals surface area contributed by atoms with Crippen LogP contribution in [-0.2, 0) is 32.6 Å². The van der Waals surface area contributed by atoms with Crippen molar-refractivity contribution in [3.8, 4) is 0 Å². The quantitative estimate of drug-likeness (QED) is 0.313. The largest absolute Gasteiger partial charge is 0.354 e. The van der Waals surface area contributed by atoms with E-state index in [1.807, 2.05) is 37.3 Å². The molecule has 0 aliphatic rings. The smallest absolute Gasteiger partial charge is 0.244 e. The topological polar surface area (TPSA) is 86.8 Å². The highest BCUT2D eigenvalue weighted by Gasteiger charge is 2.33. The number of carbonyl (C=O) groups is 2. The maximum Gasteiger partial charge on any atom is 0.244 e. The molecule has 3 aromatic rings. The fourth-order valence-electron chi connectivity index (χ4n) is 4.15. The summed E-state index contributed by atoms with van der Waals surface area (Å²) in [7, 11) is -3.87. The van der Waals surface area contributed by atoms with E-state index in [-0.39, 0.29) is 18.9 Å². The normalized spacial score (nSPS) is 12.0. The minimum Gasteiger partial charge on any atom is -0.354 e. The monoisotopic (exact) mass is 589 g/mol. The van der Waals surface area contributed by atoms with Gasteiger partial charge in [0, 0.05) is 29.6 Å². The molecule has 7 nitrogen and oxygen atoms in total. The second-order valence-corrected chi connectivity index (χ2v) is 12.1. The molecule has 10 heteroatoms. The number of sulfonamides is 1. The van der Waals surface area contributed by atoms with E-state index in [0.29, 0.717) is 27.8 Å². The van der Waals surface area contributed by atoms with E-state index in [9.17, 15) is 18.0 Å². The predicted octanol–water partition coefficient (Wildman–Crippen LogP) is 5.23.